The van der Waals surface area contributed by atoms with Crippen molar-refractivity contribution in [1.29, 1.82) is 0 Å². The van der Waals surface area contributed by atoms with Crippen molar-refractivity contribution in [2.75, 3.05) is 19.6 Å². The van der Waals surface area contributed by atoms with E-state index in [9.17, 15) is 0 Å². The molecule has 0 saturated heterocycles. The molecule has 3 N–H and O–H groups in total. The minimum Gasteiger partial charge on any atom is -0.331 e. The van der Waals surface area contributed by atoms with E-state index in [1.807, 2.05) is 18.2 Å². The standard InChI is InChI=1S/C12H18N4/c1-16-11-5-3-2-4-10(11)15-12(16)6-8-14-9-7-13/h2-5,14H,6-9,13H2,1H3. The number of hydrogen-bond acceptors (Lipinski definition) is 3. The third-order valence-corrected chi connectivity index (χ3v) is 2.73. The predicted octanol–water partition coefficient (Wildman–Crippen LogP) is 0.664. The Hall–Kier alpha value is -1.39. The highest BCUT2D eigenvalue weighted by Crippen LogP contribution is 2.13. The number of nitrogens with two attached hydrogens (primary N) is 1. The number of imidazole rings is 1. The normalized spacial score (nSPS) is 11.1. The van der Waals surface area contributed by atoms with Crippen molar-refractivity contribution in [2.24, 2.45) is 12.8 Å². The molecule has 0 aliphatic rings. The van der Waals surface area contributed by atoms with Gasteiger partial charge in [-0.15, -0.1) is 0 Å². The second kappa shape index (κ2) is 5.09. The number of fused-ring (bicyclic) bond motifs is 1. The van der Waals surface area contributed by atoms with Crippen LogP contribution in [0.3, 0.4) is 0 Å². The molecular formula is C12H18N4. The largest absolute Gasteiger partial charge is 0.331 e. The molecule has 1 aromatic heterocycles. The highest BCUT2D eigenvalue weighted by Gasteiger charge is 2.05. The van der Waals surface area contributed by atoms with Crippen molar-refractivity contribution in [3.63, 3.8) is 0 Å². The van der Waals surface area contributed by atoms with Crippen LogP contribution in [0, 0.1) is 0 Å². The summed E-state index contributed by atoms with van der Waals surface area (Å²) in [7, 11) is 2.06. The summed E-state index contributed by atoms with van der Waals surface area (Å²) in [4.78, 5) is 4.60. The van der Waals surface area contributed by atoms with Gasteiger partial charge in [0.2, 0.25) is 0 Å². The average molecular weight is 218 g/mol. The van der Waals surface area contributed by atoms with E-state index in [1.165, 1.54) is 5.52 Å². The van der Waals surface area contributed by atoms with Gasteiger partial charge in [-0.2, -0.15) is 0 Å². The van der Waals surface area contributed by atoms with Gasteiger partial charge in [0, 0.05) is 33.1 Å². The van der Waals surface area contributed by atoms with E-state index in [2.05, 4.69) is 28.0 Å². The van der Waals surface area contributed by atoms with Crippen LogP contribution < -0.4 is 11.1 Å². The second-order valence-electron chi connectivity index (χ2n) is 3.86. The Labute approximate surface area is 95.5 Å². The molecule has 0 bridgehead atoms. The molecule has 2 rings (SSSR count). The lowest BCUT2D eigenvalue weighted by molar-refractivity contribution is 0.661. The molecule has 1 heterocycles. The van der Waals surface area contributed by atoms with Gasteiger partial charge >= 0.3 is 0 Å². The average Bonchev–Trinajstić information content (AvgIpc) is 2.63. The quantitative estimate of drug-likeness (QED) is 0.725. The molecule has 0 aliphatic heterocycles. The molecule has 0 radical (unpaired) electrons. The van der Waals surface area contributed by atoms with E-state index in [0.717, 1.165) is 30.9 Å². The van der Waals surface area contributed by atoms with Gasteiger partial charge in [-0.25, -0.2) is 4.98 Å². The van der Waals surface area contributed by atoms with E-state index in [-0.39, 0.29) is 0 Å². The van der Waals surface area contributed by atoms with Crippen molar-refractivity contribution in [1.82, 2.24) is 14.9 Å². The zero-order chi connectivity index (χ0) is 11.4. The fourth-order valence-electron chi connectivity index (χ4n) is 1.85. The van der Waals surface area contributed by atoms with Gasteiger partial charge in [0.1, 0.15) is 5.82 Å². The van der Waals surface area contributed by atoms with E-state index in [4.69, 9.17) is 5.73 Å². The molecule has 0 aliphatic carbocycles. The molecule has 0 atom stereocenters. The molecule has 2 aromatic rings. The monoisotopic (exact) mass is 218 g/mol. The molecule has 0 spiro atoms. The first-order chi connectivity index (χ1) is 7.83. The number of nitrogens with zero attached hydrogens (tertiary/aromatic N) is 2. The summed E-state index contributed by atoms with van der Waals surface area (Å²) in [5, 5.41) is 3.28. The third-order valence-electron chi connectivity index (χ3n) is 2.73. The summed E-state index contributed by atoms with van der Waals surface area (Å²) in [6, 6.07) is 8.21. The number of aromatic nitrogens is 2. The Bertz CT molecular complexity index is 461. The Morgan fingerprint density at radius 1 is 1.31 bits per heavy atom. The molecule has 0 fully saturated rings. The fraction of sp³-hybridized carbons (Fsp3) is 0.417. The molecule has 4 heteroatoms. The summed E-state index contributed by atoms with van der Waals surface area (Å²) in [6.45, 7) is 2.47. The van der Waals surface area contributed by atoms with Gasteiger partial charge in [-0.1, -0.05) is 12.1 Å². The van der Waals surface area contributed by atoms with Crippen LogP contribution in [-0.2, 0) is 13.5 Å². The van der Waals surface area contributed by atoms with E-state index in [0.29, 0.717) is 6.54 Å². The summed E-state index contributed by atoms with van der Waals surface area (Å²) in [5.74, 6) is 1.12. The van der Waals surface area contributed by atoms with Crippen LogP contribution in [0.4, 0.5) is 0 Å². The third kappa shape index (κ3) is 2.23. The van der Waals surface area contributed by atoms with Crippen LogP contribution in [-0.4, -0.2) is 29.2 Å². The minimum atomic E-state index is 0.683. The Kier molecular flexibility index (Phi) is 3.54. The Balaban J connectivity index is 2.09. The molecule has 1 aromatic carbocycles. The van der Waals surface area contributed by atoms with Crippen molar-refractivity contribution < 1.29 is 0 Å². The number of rotatable bonds is 5. The van der Waals surface area contributed by atoms with E-state index >= 15 is 0 Å². The predicted molar refractivity (Wildman–Crippen MR) is 66.3 cm³/mol. The zero-order valence-electron chi connectivity index (χ0n) is 9.61. The number of nitrogens with one attached hydrogen (secondary N) is 1. The van der Waals surface area contributed by atoms with Gasteiger partial charge in [0.05, 0.1) is 11.0 Å². The maximum atomic E-state index is 5.42. The van der Waals surface area contributed by atoms with Gasteiger partial charge in [-0.05, 0) is 12.1 Å². The second-order valence-corrected chi connectivity index (χ2v) is 3.86. The summed E-state index contributed by atoms with van der Waals surface area (Å²) < 4.78 is 2.15. The Morgan fingerprint density at radius 2 is 2.12 bits per heavy atom. The maximum absolute atomic E-state index is 5.42. The first-order valence-corrected chi connectivity index (χ1v) is 5.64. The number of aryl methyl sites for hydroxylation is 1. The number of para-hydroxylation sites is 2. The summed E-state index contributed by atoms with van der Waals surface area (Å²) >= 11 is 0. The van der Waals surface area contributed by atoms with Crippen molar-refractivity contribution >= 4 is 11.0 Å². The lowest BCUT2D eigenvalue weighted by Gasteiger charge is -2.03. The van der Waals surface area contributed by atoms with Gasteiger partial charge in [0.15, 0.2) is 0 Å². The van der Waals surface area contributed by atoms with Crippen LogP contribution in [0.1, 0.15) is 5.82 Å². The van der Waals surface area contributed by atoms with Gasteiger partial charge < -0.3 is 15.6 Å². The highest BCUT2D eigenvalue weighted by molar-refractivity contribution is 5.75. The SMILES string of the molecule is Cn1c(CCNCCN)nc2ccccc21. The van der Waals surface area contributed by atoms with Crippen LogP contribution >= 0.6 is 0 Å². The smallest absolute Gasteiger partial charge is 0.110 e. The minimum absolute atomic E-state index is 0.683. The lowest BCUT2D eigenvalue weighted by Crippen LogP contribution is -2.25. The molecule has 0 saturated carbocycles. The zero-order valence-corrected chi connectivity index (χ0v) is 9.61. The molecule has 4 nitrogen and oxygen atoms in total. The van der Waals surface area contributed by atoms with Crippen LogP contribution in [0.2, 0.25) is 0 Å². The lowest BCUT2D eigenvalue weighted by atomic mass is 10.3. The molecule has 16 heavy (non-hydrogen) atoms. The van der Waals surface area contributed by atoms with E-state index in [1.54, 1.807) is 0 Å². The van der Waals surface area contributed by atoms with Gasteiger partial charge in [-0.3, -0.25) is 0 Å². The van der Waals surface area contributed by atoms with Gasteiger partial charge in [0.25, 0.3) is 0 Å². The Morgan fingerprint density at radius 3 is 2.88 bits per heavy atom. The topological polar surface area (TPSA) is 55.9 Å². The number of benzene rings is 1. The first-order valence-electron chi connectivity index (χ1n) is 5.64. The van der Waals surface area contributed by atoms with Crippen LogP contribution in [0.25, 0.3) is 11.0 Å². The summed E-state index contributed by atoms with van der Waals surface area (Å²) in [6.07, 6.45) is 0.936. The molecular weight excluding hydrogens is 200 g/mol. The summed E-state index contributed by atoms with van der Waals surface area (Å²) in [5.41, 5.74) is 7.68. The fourth-order valence-corrected chi connectivity index (χ4v) is 1.85. The molecule has 0 amide bonds. The maximum Gasteiger partial charge on any atom is 0.110 e. The number of hydrogen-bond donors (Lipinski definition) is 2. The van der Waals surface area contributed by atoms with Crippen LogP contribution in [0.15, 0.2) is 24.3 Å². The molecule has 86 valence electrons. The molecule has 0 unspecified atom stereocenters. The van der Waals surface area contributed by atoms with Crippen molar-refractivity contribution in [2.45, 2.75) is 6.42 Å². The first kappa shape index (κ1) is 11.1. The highest BCUT2D eigenvalue weighted by atomic mass is 15.1. The van der Waals surface area contributed by atoms with Crippen molar-refractivity contribution in [3.05, 3.63) is 30.1 Å². The van der Waals surface area contributed by atoms with Crippen molar-refractivity contribution in [3.8, 4) is 0 Å². The van der Waals surface area contributed by atoms with E-state index < -0.39 is 0 Å². The van der Waals surface area contributed by atoms with Crippen LogP contribution in [0.5, 0.6) is 0 Å².